The zero-order chi connectivity index (χ0) is 20.4. The molecule has 0 aliphatic carbocycles. The fourth-order valence-corrected chi connectivity index (χ4v) is 3.73. The number of rotatable bonds is 4. The number of hydrogen-bond donors (Lipinski definition) is 0. The van der Waals surface area contributed by atoms with Crippen LogP contribution in [0, 0.1) is 0 Å². The first-order valence-electron chi connectivity index (χ1n) is 9.16. The fourth-order valence-electron chi connectivity index (χ4n) is 3.37. The summed E-state index contributed by atoms with van der Waals surface area (Å²) >= 11 is 1.55. The molecule has 0 bridgehead atoms. The highest BCUT2D eigenvalue weighted by molar-refractivity contribution is 7.98. The lowest BCUT2D eigenvalue weighted by Gasteiger charge is -2.27. The zero-order valence-corrected chi connectivity index (χ0v) is 16.6. The number of benzene rings is 1. The lowest BCUT2D eigenvalue weighted by molar-refractivity contribution is -0.137. The number of halogens is 3. The van der Waals surface area contributed by atoms with Crippen molar-refractivity contribution in [3.8, 4) is 11.3 Å². The third-order valence-electron chi connectivity index (χ3n) is 4.91. The summed E-state index contributed by atoms with van der Waals surface area (Å²) in [5.41, 5.74) is 4.00. The highest BCUT2D eigenvalue weighted by atomic mass is 32.2. The second-order valence-corrected chi connectivity index (χ2v) is 7.69. The van der Waals surface area contributed by atoms with Crippen LogP contribution in [0.15, 0.2) is 53.9 Å². The van der Waals surface area contributed by atoms with Gasteiger partial charge in [0.15, 0.2) is 5.16 Å². The second kappa shape index (κ2) is 8.12. The van der Waals surface area contributed by atoms with Gasteiger partial charge in [0.2, 0.25) is 0 Å². The van der Waals surface area contributed by atoms with Crippen molar-refractivity contribution < 1.29 is 13.2 Å². The van der Waals surface area contributed by atoms with E-state index in [1.165, 1.54) is 12.1 Å². The van der Waals surface area contributed by atoms with Gasteiger partial charge in [0, 0.05) is 49.6 Å². The Kier molecular flexibility index (Phi) is 5.56. The monoisotopic (exact) mass is 416 g/mol. The molecule has 4 rings (SSSR count). The molecule has 1 aliphatic rings. The van der Waals surface area contributed by atoms with Crippen molar-refractivity contribution in [2.45, 2.75) is 30.8 Å². The summed E-state index contributed by atoms with van der Waals surface area (Å²) in [6.07, 6.45) is 2.23. The molecule has 1 aliphatic heterocycles. The van der Waals surface area contributed by atoms with E-state index in [0.717, 1.165) is 60.2 Å². The minimum atomic E-state index is -4.33. The predicted molar refractivity (Wildman–Crippen MR) is 106 cm³/mol. The molecule has 0 atom stereocenters. The van der Waals surface area contributed by atoms with Crippen molar-refractivity contribution in [1.82, 2.24) is 19.9 Å². The van der Waals surface area contributed by atoms with Gasteiger partial charge < -0.3 is 0 Å². The Labute approximate surface area is 171 Å². The number of hydrogen-bond acceptors (Lipinski definition) is 5. The van der Waals surface area contributed by atoms with Gasteiger partial charge in [-0.3, -0.25) is 9.88 Å². The Bertz CT molecular complexity index is 988. The molecule has 1 aromatic carbocycles. The van der Waals surface area contributed by atoms with Crippen molar-refractivity contribution in [3.63, 3.8) is 0 Å². The molecular formula is C21H19F3N4S. The Morgan fingerprint density at radius 2 is 1.83 bits per heavy atom. The van der Waals surface area contributed by atoms with E-state index >= 15 is 0 Å². The topological polar surface area (TPSA) is 41.9 Å². The van der Waals surface area contributed by atoms with Crippen LogP contribution in [0.1, 0.15) is 22.4 Å². The normalized spacial score (nSPS) is 14.6. The van der Waals surface area contributed by atoms with Crippen molar-refractivity contribution >= 4 is 11.8 Å². The molecule has 29 heavy (non-hydrogen) atoms. The number of nitrogens with zero attached hydrogens (tertiary/aromatic N) is 4. The number of pyridine rings is 1. The number of fused-ring (bicyclic) bond motifs is 1. The van der Waals surface area contributed by atoms with Crippen LogP contribution in [0.5, 0.6) is 0 Å². The van der Waals surface area contributed by atoms with E-state index in [4.69, 9.17) is 0 Å². The smallest absolute Gasteiger partial charge is 0.294 e. The summed E-state index contributed by atoms with van der Waals surface area (Å²) in [6, 6.07) is 8.90. The standard InChI is InChI=1S/C21H19F3N4S/c1-29-20-26-11-16-13-28(9-8-19(16)27-20)12-14-2-7-18(25-10-14)15-3-5-17(6-4-15)21(22,23)24/h2-7,10-11H,8-9,12-13H2,1H3. The summed E-state index contributed by atoms with van der Waals surface area (Å²) in [6.45, 7) is 2.47. The van der Waals surface area contributed by atoms with Crippen molar-refractivity contribution in [3.05, 3.63) is 71.2 Å². The third-order valence-corrected chi connectivity index (χ3v) is 5.47. The fraction of sp³-hybridized carbons (Fsp3) is 0.286. The second-order valence-electron chi connectivity index (χ2n) is 6.92. The van der Waals surface area contributed by atoms with Crippen molar-refractivity contribution in [2.75, 3.05) is 12.8 Å². The molecule has 0 fully saturated rings. The molecule has 4 nitrogen and oxygen atoms in total. The lowest BCUT2D eigenvalue weighted by Crippen LogP contribution is -2.31. The maximum absolute atomic E-state index is 12.7. The van der Waals surface area contributed by atoms with Gasteiger partial charge in [0.25, 0.3) is 0 Å². The minimum Gasteiger partial charge on any atom is -0.294 e. The summed E-state index contributed by atoms with van der Waals surface area (Å²) in [5.74, 6) is 0. The molecule has 0 amide bonds. The Morgan fingerprint density at radius 3 is 2.48 bits per heavy atom. The van der Waals surface area contributed by atoms with Crippen LogP contribution in [-0.2, 0) is 25.7 Å². The van der Waals surface area contributed by atoms with Crippen LogP contribution in [0.4, 0.5) is 13.2 Å². The highest BCUT2D eigenvalue weighted by Gasteiger charge is 2.30. The van der Waals surface area contributed by atoms with E-state index in [2.05, 4.69) is 19.9 Å². The van der Waals surface area contributed by atoms with Gasteiger partial charge >= 0.3 is 6.18 Å². The molecule has 3 heterocycles. The Balaban J connectivity index is 1.42. The van der Waals surface area contributed by atoms with E-state index in [-0.39, 0.29) is 0 Å². The van der Waals surface area contributed by atoms with E-state index in [1.54, 1.807) is 18.0 Å². The lowest BCUT2D eigenvalue weighted by atomic mass is 10.1. The molecule has 0 N–H and O–H groups in total. The predicted octanol–water partition coefficient (Wildman–Crippen LogP) is 4.84. The van der Waals surface area contributed by atoms with E-state index in [1.807, 2.05) is 24.6 Å². The SMILES string of the molecule is CSc1ncc2c(n1)CCN(Cc1ccc(-c3ccc(C(F)(F)F)cc3)nc1)C2. The first-order valence-corrected chi connectivity index (χ1v) is 10.4. The summed E-state index contributed by atoms with van der Waals surface area (Å²) in [7, 11) is 0. The van der Waals surface area contributed by atoms with Gasteiger partial charge in [-0.15, -0.1) is 0 Å². The van der Waals surface area contributed by atoms with Gasteiger partial charge in [0.1, 0.15) is 0 Å². The number of alkyl halides is 3. The quantitative estimate of drug-likeness (QED) is 0.450. The van der Waals surface area contributed by atoms with Gasteiger partial charge in [0.05, 0.1) is 17.0 Å². The molecule has 0 radical (unpaired) electrons. The van der Waals surface area contributed by atoms with Crippen molar-refractivity contribution in [2.24, 2.45) is 0 Å². The van der Waals surface area contributed by atoms with Crippen LogP contribution in [0.3, 0.4) is 0 Å². The van der Waals surface area contributed by atoms with Gasteiger partial charge in [-0.25, -0.2) is 9.97 Å². The van der Waals surface area contributed by atoms with E-state index in [9.17, 15) is 13.2 Å². The molecule has 8 heteroatoms. The minimum absolute atomic E-state index is 0.656. The van der Waals surface area contributed by atoms with E-state index in [0.29, 0.717) is 11.3 Å². The average Bonchev–Trinajstić information content (AvgIpc) is 2.73. The zero-order valence-electron chi connectivity index (χ0n) is 15.8. The first-order chi connectivity index (χ1) is 13.9. The molecule has 2 aromatic heterocycles. The van der Waals surface area contributed by atoms with Crippen molar-refractivity contribution in [1.29, 1.82) is 0 Å². The number of thioether (sulfide) groups is 1. The maximum atomic E-state index is 12.7. The first kappa shape index (κ1) is 19.8. The van der Waals surface area contributed by atoms with Crippen LogP contribution < -0.4 is 0 Å². The molecule has 150 valence electrons. The van der Waals surface area contributed by atoms with Gasteiger partial charge in [-0.05, 0) is 30.0 Å². The Hall–Kier alpha value is -2.45. The largest absolute Gasteiger partial charge is 0.416 e. The van der Waals surface area contributed by atoms with Crippen LogP contribution in [0.2, 0.25) is 0 Å². The average molecular weight is 416 g/mol. The molecule has 3 aromatic rings. The van der Waals surface area contributed by atoms with Gasteiger partial charge in [-0.1, -0.05) is 30.0 Å². The molecule has 0 unspecified atom stereocenters. The summed E-state index contributed by atoms with van der Waals surface area (Å²) in [5, 5.41) is 0.806. The van der Waals surface area contributed by atoms with Gasteiger partial charge in [-0.2, -0.15) is 13.2 Å². The third kappa shape index (κ3) is 4.59. The number of aromatic nitrogens is 3. The van der Waals surface area contributed by atoms with Crippen LogP contribution in [-0.4, -0.2) is 32.7 Å². The maximum Gasteiger partial charge on any atom is 0.416 e. The Morgan fingerprint density at radius 1 is 1.03 bits per heavy atom. The van der Waals surface area contributed by atoms with Crippen LogP contribution in [0.25, 0.3) is 11.3 Å². The summed E-state index contributed by atoms with van der Waals surface area (Å²) in [4.78, 5) is 15.7. The summed E-state index contributed by atoms with van der Waals surface area (Å²) < 4.78 is 38.1. The molecule has 0 spiro atoms. The molecule has 0 saturated heterocycles. The van der Waals surface area contributed by atoms with Crippen LogP contribution >= 0.6 is 11.8 Å². The molecule has 0 saturated carbocycles. The molecular weight excluding hydrogens is 397 g/mol. The highest BCUT2D eigenvalue weighted by Crippen LogP contribution is 2.30. The van der Waals surface area contributed by atoms with E-state index < -0.39 is 11.7 Å².